The summed E-state index contributed by atoms with van der Waals surface area (Å²) in [6, 6.07) is 13.6. The first-order valence-corrected chi connectivity index (χ1v) is 15.5. The van der Waals surface area contributed by atoms with Gasteiger partial charge < -0.3 is 20.1 Å². The van der Waals surface area contributed by atoms with Crippen LogP contribution in [-0.4, -0.2) is 40.8 Å². The van der Waals surface area contributed by atoms with Crippen LogP contribution >= 0.6 is 0 Å². The number of nitrogens with zero attached hydrogens (tertiary/aromatic N) is 2. The van der Waals surface area contributed by atoms with Gasteiger partial charge in [-0.2, -0.15) is 0 Å². The second kappa shape index (κ2) is 11.9. The van der Waals surface area contributed by atoms with Crippen molar-refractivity contribution < 1.29 is 19.0 Å². The Labute approximate surface area is 255 Å². The molecule has 0 bridgehead atoms. The van der Waals surface area contributed by atoms with Crippen molar-refractivity contribution in [1.29, 1.82) is 0 Å². The van der Waals surface area contributed by atoms with Crippen molar-refractivity contribution in [2.45, 2.75) is 98.3 Å². The molecule has 5 rings (SSSR count). The summed E-state index contributed by atoms with van der Waals surface area (Å²) < 4.78 is 19.6. The molecule has 6 nitrogen and oxygen atoms in total. The number of halogens is 1. The van der Waals surface area contributed by atoms with Gasteiger partial charge in [0.15, 0.2) is 6.10 Å². The van der Waals surface area contributed by atoms with E-state index in [1.807, 2.05) is 46.8 Å². The summed E-state index contributed by atoms with van der Waals surface area (Å²) >= 11 is 0. The minimum absolute atomic E-state index is 0.213. The number of benzene rings is 2. The van der Waals surface area contributed by atoms with Crippen LogP contribution in [0, 0.1) is 25.1 Å². The molecule has 0 spiro atoms. The minimum Gasteiger partial charge on any atom is -0.479 e. The molecule has 0 radical (unpaired) electrons. The van der Waals surface area contributed by atoms with Crippen molar-refractivity contribution in [3.8, 4) is 11.1 Å². The number of ether oxygens (including phenoxy) is 1. The van der Waals surface area contributed by atoms with Gasteiger partial charge in [-0.25, -0.2) is 9.18 Å². The average molecular weight is 588 g/mol. The van der Waals surface area contributed by atoms with E-state index in [2.05, 4.69) is 42.3 Å². The maximum Gasteiger partial charge on any atom is 0.337 e. The molecule has 2 N–H and O–H groups in total. The van der Waals surface area contributed by atoms with Gasteiger partial charge >= 0.3 is 5.97 Å². The molecule has 3 heterocycles. The highest BCUT2D eigenvalue weighted by Crippen LogP contribution is 2.45. The first-order chi connectivity index (χ1) is 20.2. The summed E-state index contributed by atoms with van der Waals surface area (Å²) in [5.41, 5.74) is 8.26. The Bertz CT molecular complexity index is 1480. The van der Waals surface area contributed by atoms with E-state index >= 15 is 0 Å². The molecule has 230 valence electrons. The molecule has 1 aromatic heterocycles. The fourth-order valence-corrected chi connectivity index (χ4v) is 6.53. The molecule has 0 amide bonds. The number of carbonyl (C=O) groups is 1. The zero-order valence-electron chi connectivity index (χ0n) is 26.7. The van der Waals surface area contributed by atoms with Crippen molar-refractivity contribution in [3.63, 3.8) is 0 Å². The fraction of sp³-hybridized carbons (Fsp3) is 0.500. The zero-order valence-corrected chi connectivity index (χ0v) is 26.7. The number of hydrogen-bond donors (Lipinski definition) is 2. The molecule has 2 atom stereocenters. The predicted octanol–water partition coefficient (Wildman–Crippen LogP) is 8.04. The number of aryl methyl sites for hydroxylation is 3. The van der Waals surface area contributed by atoms with Gasteiger partial charge in [-0.1, -0.05) is 32.0 Å². The number of carboxylic acids is 1. The molecule has 0 aliphatic carbocycles. The van der Waals surface area contributed by atoms with Gasteiger partial charge in [-0.3, -0.25) is 4.98 Å². The smallest absolute Gasteiger partial charge is 0.337 e. The monoisotopic (exact) mass is 587 g/mol. The molecule has 2 aromatic carbocycles. The third-order valence-corrected chi connectivity index (χ3v) is 8.88. The van der Waals surface area contributed by atoms with E-state index in [1.54, 1.807) is 0 Å². The topological polar surface area (TPSA) is 74.7 Å². The normalized spacial score (nSPS) is 19.0. The van der Waals surface area contributed by atoms with E-state index in [4.69, 9.17) is 9.72 Å². The first-order valence-electron chi connectivity index (χ1n) is 15.5. The summed E-state index contributed by atoms with van der Waals surface area (Å²) in [7, 11) is 0. The number of nitrogens with one attached hydrogen (secondary N) is 1. The molecule has 7 heteroatoms. The van der Waals surface area contributed by atoms with Gasteiger partial charge in [0, 0.05) is 47.3 Å². The van der Waals surface area contributed by atoms with Crippen molar-refractivity contribution in [1.82, 2.24) is 4.98 Å². The van der Waals surface area contributed by atoms with E-state index in [0.29, 0.717) is 11.3 Å². The van der Waals surface area contributed by atoms with Gasteiger partial charge in [0.2, 0.25) is 0 Å². The number of hydrogen-bond acceptors (Lipinski definition) is 5. The maximum absolute atomic E-state index is 13.4. The van der Waals surface area contributed by atoms with Gasteiger partial charge in [0.05, 0.1) is 11.3 Å². The molecule has 1 saturated heterocycles. The number of pyridine rings is 1. The van der Waals surface area contributed by atoms with Crippen molar-refractivity contribution in [3.05, 3.63) is 76.4 Å². The lowest BCUT2D eigenvalue weighted by molar-refractivity contribution is -0.160. The molecule has 3 aromatic rings. The van der Waals surface area contributed by atoms with Crippen LogP contribution in [0.1, 0.15) is 88.1 Å². The van der Waals surface area contributed by atoms with Crippen LogP contribution in [0.5, 0.6) is 0 Å². The zero-order chi connectivity index (χ0) is 31.1. The Kier molecular flexibility index (Phi) is 8.59. The Balaban J connectivity index is 1.56. The average Bonchev–Trinajstić information content (AvgIpc) is 2.92. The summed E-state index contributed by atoms with van der Waals surface area (Å²) in [6.07, 6.45) is 3.64. The molecule has 0 saturated carbocycles. The lowest BCUT2D eigenvalue weighted by atomic mass is 9.81. The standard InChI is InChI=1S/C36H46FN3O3/c1-22-30(26-11-15-29-25(21-26)10-14-28(39-29)20-24-8-12-27(37)13-9-24)32(40-18-16-36(6,7)17-19-40)31(23(2)38-22)33(34(41)42)43-35(3,4)5/h8-9,11-13,15,21,28,33,39H,10,14,16-20H2,1-7H3,(H,41,42)/t28?,33-/m0/s1. The van der Waals surface area contributed by atoms with Crippen LogP contribution in [0.3, 0.4) is 0 Å². The van der Waals surface area contributed by atoms with E-state index in [-0.39, 0.29) is 17.3 Å². The summed E-state index contributed by atoms with van der Waals surface area (Å²) in [4.78, 5) is 20.1. The highest BCUT2D eigenvalue weighted by atomic mass is 19.1. The SMILES string of the molecule is Cc1nc(C)c([C@H](OC(C)(C)C)C(=O)O)c(N2CCC(C)(C)CC2)c1-c1ccc2c(c1)CCC(Cc1ccc(F)cc1)N2. The van der Waals surface area contributed by atoms with Crippen LogP contribution < -0.4 is 10.2 Å². The molecule has 43 heavy (non-hydrogen) atoms. The number of rotatable bonds is 7. The number of fused-ring (bicyclic) bond motifs is 1. The third-order valence-electron chi connectivity index (χ3n) is 8.88. The highest BCUT2D eigenvalue weighted by molar-refractivity contribution is 5.88. The number of aliphatic carboxylic acids is 1. The molecular weight excluding hydrogens is 541 g/mol. The molecule has 2 aliphatic heterocycles. The van der Waals surface area contributed by atoms with Crippen molar-refractivity contribution in [2.75, 3.05) is 23.3 Å². The maximum atomic E-state index is 13.4. The van der Waals surface area contributed by atoms with Crippen molar-refractivity contribution in [2.24, 2.45) is 5.41 Å². The van der Waals surface area contributed by atoms with E-state index in [1.165, 1.54) is 17.7 Å². The lowest BCUT2D eigenvalue weighted by Crippen LogP contribution is -2.39. The van der Waals surface area contributed by atoms with E-state index < -0.39 is 17.7 Å². The molecule has 1 fully saturated rings. The van der Waals surface area contributed by atoms with Gasteiger partial charge in [-0.05, 0) is 113 Å². The molecule has 2 aliphatic rings. The van der Waals surface area contributed by atoms with Gasteiger partial charge in [-0.15, -0.1) is 0 Å². The van der Waals surface area contributed by atoms with Crippen LogP contribution in [-0.2, 0) is 22.4 Å². The second-order valence-electron chi connectivity index (χ2n) is 14.1. The highest BCUT2D eigenvalue weighted by Gasteiger charge is 2.36. The third kappa shape index (κ3) is 7.04. The molecule has 1 unspecified atom stereocenters. The van der Waals surface area contributed by atoms with Crippen LogP contribution in [0.15, 0.2) is 42.5 Å². The Morgan fingerprint density at radius 2 is 1.79 bits per heavy atom. The number of anilines is 2. The number of carboxylic acid groups (broad SMARTS) is 1. The minimum atomic E-state index is -1.14. The van der Waals surface area contributed by atoms with Crippen LogP contribution in [0.2, 0.25) is 0 Å². The van der Waals surface area contributed by atoms with Crippen LogP contribution in [0.25, 0.3) is 11.1 Å². The number of piperidine rings is 1. The first kappa shape index (κ1) is 31.0. The Morgan fingerprint density at radius 1 is 1.12 bits per heavy atom. The summed E-state index contributed by atoms with van der Waals surface area (Å²) in [6.45, 7) is 15.9. The van der Waals surface area contributed by atoms with Gasteiger partial charge in [0.25, 0.3) is 0 Å². The van der Waals surface area contributed by atoms with Crippen molar-refractivity contribution >= 4 is 17.3 Å². The lowest BCUT2D eigenvalue weighted by Gasteiger charge is -2.41. The van der Waals surface area contributed by atoms with Gasteiger partial charge in [0.1, 0.15) is 5.82 Å². The number of aromatic nitrogens is 1. The second-order valence-corrected chi connectivity index (χ2v) is 14.1. The van der Waals surface area contributed by atoms with Crippen LogP contribution in [0.4, 0.5) is 15.8 Å². The molecular formula is C36H46FN3O3. The van der Waals surface area contributed by atoms with E-state index in [9.17, 15) is 14.3 Å². The quantitative estimate of drug-likeness (QED) is 0.291. The Morgan fingerprint density at radius 3 is 2.42 bits per heavy atom. The largest absolute Gasteiger partial charge is 0.479 e. The summed E-state index contributed by atoms with van der Waals surface area (Å²) in [5, 5.41) is 14.2. The van der Waals surface area contributed by atoms with E-state index in [0.717, 1.165) is 79.0 Å². The Hall–Kier alpha value is -3.45. The fourth-order valence-electron chi connectivity index (χ4n) is 6.53. The predicted molar refractivity (Wildman–Crippen MR) is 171 cm³/mol. The summed E-state index contributed by atoms with van der Waals surface area (Å²) in [5.74, 6) is -1.22.